The molecule has 1 aromatic rings. The number of ether oxygens (including phenoxy) is 3. The van der Waals surface area contributed by atoms with Crippen LogP contribution in [0.3, 0.4) is 0 Å². The van der Waals surface area contributed by atoms with Crippen LogP contribution in [0.5, 0.6) is 0 Å². The van der Waals surface area contributed by atoms with Crippen LogP contribution < -0.4 is 0 Å². The van der Waals surface area contributed by atoms with Gasteiger partial charge in [0.1, 0.15) is 6.10 Å². The van der Waals surface area contributed by atoms with E-state index in [-0.39, 0.29) is 13.0 Å². The Kier molecular flexibility index (Phi) is 5.24. The maximum Gasteiger partial charge on any atom is 0.330 e. The van der Waals surface area contributed by atoms with Crippen molar-refractivity contribution in [2.45, 2.75) is 38.8 Å². The van der Waals surface area contributed by atoms with Gasteiger partial charge in [-0.3, -0.25) is 9.59 Å². The van der Waals surface area contributed by atoms with E-state index < -0.39 is 29.2 Å². The van der Waals surface area contributed by atoms with E-state index in [1.54, 1.807) is 0 Å². The third kappa shape index (κ3) is 3.41. The molecule has 0 saturated carbocycles. The second-order valence-electron chi connectivity index (χ2n) is 6.10. The molecule has 0 radical (unpaired) electrons. The normalized spacial score (nSPS) is 19.8. The highest BCUT2D eigenvalue weighted by molar-refractivity contribution is 6.03. The molecule has 128 valence electrons. The summed E-state index contributed by atoms with van der Waals surface area (Å²) in [5, 5.41) is 0. The predicted octanol–water partition coefficient (Wildman–Crippen LogP) is 3.16. The van der Waals surface area contributed by atoms with Gasteiger partial charge in [0.05, 0.1) is 6.61 Å². The molecule has 1 saturated heterocycles. The zero-order chi connectivity index (χ0) is 17.8. The lowest BCUT2D eigenvalue weighted by Gasteiger charge is -2.42. The highest BCUT2D eigenvalue weighted by atomic mass is 16.7. The first-order valence-corrected chi connectivity index (χ1v) is 7.71. The summed E-state index contributed by atoms with van der Waals surface area (Å²) in [6, 6.07) is 9.44. The number of cyclic esters (lactones) is 2. The van der Waals surface area contributed by atoms with Gasteiger partial charge in [0.2, 0.25) is 0 Å². The molecule has 0 aromatic heterocycles. The van der Waals surface area contributed by atoms with Gasteiger partial charge in [0, 0.05) is 13.8 Å². The van der Waals surface area contributed by atoms with Crippen LogP contribution in [0.2, 0.25) is 0 Å². The average molecular weight is 330 g/mol. The maximum atomic E-state index is 12.6. The minimum absolute atomic E-state index is 0.0340. The first-order valence-electron chi connectivity index (χ1n) is 7.71. The summed E-state index contributed by atoms with van der Waals surface area (Å²) in [5.41, 5.74) is -0.718. The van der Waals surface area contributed by atoms with Crippen molar-refractivity contribution in [2.24, 2.45) is 5.41 Å². The van der Waals surface area contributed by atoms with Crippen molar-refractivity contribution < 1.29 is 23.8 Å². The smallest absolute Gasteiger partial charge is 0.330 e. The van der Waals surface area contributed by atoms with Crippen LogP contribution in [0, 0.1) is 5.41 Å². The number of benzene rings is 1. The Bertz CT molecular complexity index is 612. The Hall–Kier alpha value is -2.40. The molecule has 5 nitrogen and oxygen atoms in total. The predicted molar refractivity (Wildman–Crippen MR) is 88.7 cm³/mol. The Labute approximate surface area is 141 Å². The van der Waals surface area contributed by atoms with Crippen molar-refractivity contribution in [1.29, 1.82) is 0 Å². The summed E-state index contributed by atoms with van der Waals surface area (Å²) in [7, 11) is 0. The van der Waals surface area contributed by atoms with Gasteiger partial charge in [-0.25, -0.2) is 0 Å². The fraction of sp³-hybridized carbons (Fsp3) is 0.368. The van der Waals surface area contributed by atoms with Gasteiger partial charge >= 0.3 is 11.9 Å². The monoisotopic (exact) mass is 330 g/mol. The summed E-state index contributed by atoms with van der Waals surface area (Å²) in [6.45, 7) is 10.6. The first-order chi connectivity index (χ1) is 11.4. The Balaban J connectivity index is 2.29. The van der Waals surface area contributed by atoms with Crippen molar-refractivity contribution in [2.75, 3.05) is 0 Å². The van der Waals surface area contributed by atoms with E-state index in [0.29, 0.717) is 0 Å². The lowest BCUT2D eigenvalue weighted by molar-refractivity contribution is -0.258. The molecule has 0 aliphatic carbocycles. The van der Waals surface area contributed by atoms with Crippen LogP contribution in [0.15, 0.2) is 55.6 Å². The first kappa shape index (κ1) is 17.9. The van der Waals surface area contributed by atoms with Crippen LogP contribution in [-0.4, -0.2) is 23.8 Å². The van der Waals surface area contributed by atoms with Crippen molar-refractivity contribution >= 4 is 11.9 Å². The molecule has 0 N–H and O–H groups in total. The number of carbonyl (C=O) groups excluding carboxylic acids is 2. The summed E-state index contributed by atoms with van der Waals surface area (Å²) < 4.78 is 16.4. The molecule has 1 atom stereocenters. The molecule has 0 amide bonds. The van der Waals surface area contributed by atoms with Gasteiger partial charge in [0.25, 0.3) is 5.79 Å². The highest BCUT2D eigenvalue weighted by Crippen LogP contribution is 2.40. The molecular weight excluding hydrogens is 308 g/mol. The second kappa shape index (κ2) is 7.01. The molecule has 1 unspecified atom stereocenters. The SMILES string of the molecule is C=CCC1(C(C=C)OCc2ccccc2)C(=O)OC(C)(C)OC1=O. The minimum atomic E-state index is -1.63. The average Bonchev–Trinajstić information content (AvgIpc) is 2.52. The summed E-state index contributed by atoms with van der Waals surface area (Å²) >= 11 is 0. The van der Waals surface area contributed by atoms with E-state index in [1.807, 2.05) is 30.3 Å². The fourth-order valence-corrected chi connectivity index (χ4v) is 2.65. The second-order valence-corrected chi connectivity index (χ2v) is 6.10. The summed E-state index contributed by atoms with van der Waals surface area (Å²) in [5.74, 6) is -2.69. The van der Waals surface area contributed by atoms with Crippen LogP contribution in [0.25, 0.3) is 0 Å². The van der Waals surface area contributed by atoms with Crippen molar-refractivity contribution in [1.82, 2.24) is 0 Å². The van der Waals surface area contributed by atoms with Gasteiger partial charge in [0.15, 0.2) is 5.41 Å². The maximum absolute atomic E-state index is 12.6. The van der Waals surface area contributed by atoms with E-state index in [4.69, 9.17) is 14.2 Å². The molecule has 24 heavy (non-hydrogen) atoms. The standard InChI is InChI=1S/C19H22O5/c1-5-12-19(16(20)23-18(3,4)24-17(19)21)15(6-2)22-13-14-10-8-7-9-11-14/h5-11,15H,1-2,12-13H2,3-4H3. The molecule has 1 heterocycles. The Morgan fingerprint density at radius 3 is 2.21 bits per heavy atom. The molecule has 1 fully saturated rings. The Morgan fingerprint density at radius 2 is 1.71 bits per heavy atom. The number of hydrogen-bond acceptors (Lipinski definition) is 5. The van der Waals surface area contributed by atoms with Crippen LogP contribution >= 0.6 is 0 Å². The molecule has 0 bridgehead atoms. The highest BCUT2D eigenvalue weighted by Gasteiger charge is 2.60. The third-order valence-electron chi connectivity index (χ3n) is 3.84. The van der Waals surface area contributed by atoms with Crippen molar-refractivity contribution in [3.63, 3.8) is 0 Å². The van der Waals surface area contributed by atoms with Crippen LogP contribution in [0.1, 0.15) is 25.8 Å². The number of hydrogen-bond donors (Lipinski definition) is 0. The fourth-order valence-electron chi connectivity index (χ4n) is 2.65. The van der Waals surface area contributed by atoms with E-state index in [9.17, 15) is 9.59 Å². The van der Waals surface area contributed by atoms with E-state index >= 15 is 0 Å². The topological polar surface area (TPSA) is 61.8 Å². The lowest BCUT2D eigenvalue weighted by atomic mass is 9.77. The summed E-state index contributed by atoms with van der Waals surface area (Å²) in [6.07, 6.45) is 2.04. The number of rotatable bonds is 7. The van der Waals surface area contributed by atoms with Gasteiger partial charge < -0.3 is 14.2 Å². The van der Waals surface area contributed by atoms with Crippen molar-refractivity contribution in [3.05, 3.63) is 61.2 Å². The van der Waals surface area contributed by atoms with Gasteiger partial charge in [-0.2, -0.15) is 0 Å². The van der Waals surface area contributed by atoms with Crippen LogP contribution in [0.4, 0.5) is 0 Å². The van der Waals surface area contributed by atoms with E-state index in [1.165, 1.54) is 26.0 Å². The molecule has 2 rings (SSSR count). The molecular formula is C19H22O5. The Morgan fingerprint density at radius 1 is 1.12 bits per heavy atom. The number of esters is 2. The van der Waals surface area contributed by atoms with Crippen LogP contribution in [-0.2, 0) is 30.4 Å². The number of carbonyl (C=O) groups is 2. The van der Waals surface area contributed by atoms with Gasteiger partial charge in [-0.05, 0) is 12.0 Å². The molecule has 1 aliphatic heterocycles. The zero-order valence-corrected chi connectivity index (χ0v) is 14.0. The van der Waals surface area contributed by atoms with Crippen molar-refractivity contribution in [3.8, 4) is 0 Å². The minimum Gasteiger partial charge on any atom is -0.422 e. The molecule has 1 aromatic carbocycles. The largest absolute Gasteiger partial charge is 0.422 e. The van der Waals surface area contributed by atoms with E-state index in [0.717, 1.165) is 5.56 Å². The third-order valence-corrected chi connectivity index (χ3v) is 3.84. The molecule has 1 aliphatic rings. The molecule has 5 heteroatoms. The lowest BCUT2D eigenvalue weighted by Crippen LogP contribution is -2.59. The zero-order valence-electron chi connectivity index (χ0n) is 14.0. The molecule has 0 spiro atoms. The van der Waals surface area contributed by atoms with Gasteiger partial charge in [-0.1, -0.05) is 42.5 Å². The summed E-state index contributed by atoms with van der Waals surface area (Å²) in [4.78, 5) is 25.3. The quantitative estimate of drug-likeness (QED) is 0.436. The van der Waals surface area contributed by atoms with E-state index in [2.05, 4.69) is 13.2 Å². The number of allylic oxidation sites excluding steroid dienone is 1. The van der Waals surface area contributed by atoms with Gasteiger partial charge in [-0.15, -0.1) is 13.2 Å².